The Kier molecular flexibility index (Phi) is 4.25. The first-order valence-corrected chi connectivity index (χ1v) is 8.50. The van der Waals surface area contributed by atoms with Crippen LogP contribution in [0.5, 0.6) is 5.75 Å². The second-order valence-electron chi connectivity index (χ2n) is 4.97. The summed E-state index contributed by atoms with van der Waals surface area (Å²) in [7, 11) is 3.07. The van der Waals surface area contributed by atoms with Crippen molar-refractivity contribution in [3.8, 4) is 5.75 Å². The number of halogens is 1. The van der Waals surface area contributed by atoms with Gasteiger partial charge in [0.15, 0.2) is 0 Å². The molecule has 1 amide bonds. The standard InChI is InChI=1S/C13H16ClNO4S/c1-9-5-12(9)15(8-16)7-10-6-11(19-2)3-4-13(10)20(14,17)18/h3-4,6,8-9,12H,5,7H2,1-2H3. The van der Waals surface area contributed by atoms with E-state index in [0.29, 0.717) is 17.2 Å². The van der Waals surface area contributed by atoms with Gasteiger partial charge in [0, 0.05) is 23.3 Å². The van der Waals surface area contributed by atoms with E-state index < -0.39 is 9.05 Å². The monoisotopic (exact) mass is 317 g/mol. The molecule has 1 aliphatic carbocycles. The molecule has 0 aliphatic heterocycles. The van der Waals surface area contributed by atoms with E-state index in [4.69, 9.17) is 15.4 Å². The highest BCUT2D eigenvalue weighted by Gasteiger charge is 2.38. The van der Waals surface area contributed by atoms with Crippen molar-refractivity contribution in [1.29, 1.82) is 0 Å². The smallest absolute Gasteiger partial charge is 0.261 e. The molecule has 1 aromatic carbocycles. The average molecular weight is 318 g/mol. The molecule has 2 unspecified atom stereocenters. The van der Waals surface area contributed by atoms with Gasteiger partial charge in [0.25, 0.3) is 9.05 Å². The molecule has 0 radical (unpaired) electrons. The summed E-state index contributed by atoms with van der Waals surface area (Å²) in [5, 5.41) is 0. The van der Waals surface area contributed by atoms with Crippen LogP contribution in [0.4, 0.5) is 0 Å². The van der Waals surface area contributed by atoms with Crippen molar-refractivity contribution in [3.05, 3.63) is 23.8 Å². The van der Waals surface area contributed by atoms with Crippen molar-refractivity contribution in [3.63, 3.8) is 0 Å². The highest BCUT2D eigenvalue weighted by atomic mass is 35.7. The molecule has 1 aliphatic rings. The van der Waals surface area contributed by atoms with E-state index in [1.165, 1.54) is 19.2 Å². The van der Waals surface area contributed by atoms with Crippen molar-refractivity contribution in [2.75, 3.05) is 7.11 Å². The maximum Gasteiger partial charge on any atom is 0.261 e. The van der Waals surface area contributed by atoms with Gasteiger partial charge in [0.1, 0.15) is 5.75 Å². The molecule has 0 bridgehead atoms. The maximum atomic E-state index is 11.6. The van der Waals surface area contributed by atoms with E-state index in [0.717, 1.165) is 12.8 Å². The number of carbonyl (C=O) groups excluding carboxylic acids is 1. The van der Waals surface area contributed by atoms with Gasteiger partial charge in [-0.15, -0.1) is 0 Å². The minimum absolute atomic E-state index is 0.0140. The second-order valence-corrected chi connectivity index (χ2v) is 7.50. The van der Waals surface area contributed by atoms with Gasteiger partial charge in [-0.05, 0) is 36.1 Å². The Bertz CT molecular complexity index is 617. The molecule has 2 atom stereocenters. The van der Waals surface area contributed by atoms with E-state index in [2.05, 4.69) is 0 Å². The number of amides is 1. The lowest BCUT2D eigenvalue weighted by molar-refractivity contribution is -0.119. The zero-order chi connectivity index (χ0) is 14.9. The van der Waals surface area contributed by atoms with Crippen molar-refractivity contribution >= 4 is 26.1 Å². The molecule has 0 N–H and O–H groups in total. The molecule has 2 rings (SSSR count). The predicted molar refractivity (Wildman–Crippen MR) is 75.2 cm³/mol. The number of ether oxygens (including phenoxy) is 1. The first kappa shape index (κ1) is 15.1. The summed E-state index contributed by atoms with van der Waals surface area (Å²) in [5.74, 6) is 0.973. The molecule has 110 valence electrons. The number of methoxy groups -OCH3 is 1. The van der Waals surface area contributed by atoms with E-state index in [1.807, 2.05) is 6.92 Å². The topological polar surface area (TPSA) is 63.7 Å². The summed E-state index contributed by atoms with van der Waals surface area (Å²) < 4.78 is 28.3. The van der Waals surface area contributed by atoms with Gasteiger partial charge < -0.3 is 9.64 Å². The largest absolute Gasteiger partial charge is 0.497 e. The summed E-state index contributed by atoms with van der Waals surface area (Å²) in [4.78, 5) is 12.8. The fraction of sp³-hybridized carbons (Fsp3) is 0.462. The lowest BCUT2D eigenvalue weighted by Gasteiger charge is -2.19. The van der Waals surface area contributed by atoms with Gasteiger partial charge in [0.2, 0.25) is 6.41 Å². The van der Waals surface area contributed by atoms with Crippen LogP contribution in [0.2, 0.25) is 0 Å². The molecule has 20 heavy (non-hydrogen) atoms. The number of hydrogen-bond acceptors (Lipinski definition) is 4. The van der Waals surface area contributed by atoms with Gasteiger partial charge >= 0.3 is 0 Å². The molecule has 1 saturated carbocycles. The molecule has 5 nitrogen and oxygen atoms in total. The SMILES string of the molecule is COc1ccc(S(=O)(=O)Cl)c(CN(C=O)C2CC2C)c1. The van der Waals surface area contributed by atoms with E-state index >= 15 is 0 Å². The van der Waals surface area contributed by atoms with Gasteiger partial charge in [-0.2, -0.15) is 0 Å². The van der Waals surface area contributed by atoms with Crippen LogP contribution in [0.3, 0.4) is 0 Å². The Balaban J connectivity index is 2.35. The van der Waals surface area contributed by atoms with Crippen molar-refractivity contribution < 1.29 is 17.9 Å². The normalized spacial score (nSPS) is 21.4. The Morgan fingerprint density at radius 2 is 2.15 bits per heavy atom. The summed E-state index contributed by atoms with van der Waals surface area (Å²) >= 11 is 0. The molecule has 0 saturated heterocycles. The highest BCUT2D eigenvalue weighted by Crippen LogP contribution is 2.36. The van der Waals surface area contributed by atoms with Crippen LogP contribution in [0, 0.1) is 5.92 Å². The van der Waals surface area contributed by atoms with Gasteiger partial charge in [0.05, 0.1) is 12.0 Å². The quantitative estimate of drug-likeness (QED) is 0.594. The molecule has 1 fully saturated rings. The number of nitrogens with zero attached hydrogens (tertiary/aromatic N) is 1. The fourth-order valence-electron chi connectivity index (χ4n) is 2.24. The molecule has 0 aromatic heterocycles. The maximum absolute atomic E-state index is 11.6. The summed E-state index contributed by atoms with van der Waals surface area (Å²) in [6.45, 7) is 2.25. The third-order valence-electron chi connectivity index (χ3n) is 3.51. The molecule has 0 heterocycles. The lowest BCUT2D eigenvalue weighted by Crippen LogP contribution is -2.25. The van der Waals surface area contributed by atoms with Crippen LogP contribution in [0.15, 0.2) is 23.1 Å². The first-order valence-electron chi connectivity index (χ1n) is 6.19. The number of benzene rings is 1. The lowest BCUT2D eigenvalue weighted by atomic mass is 10.2. The van der Waals surface area contributed by atoms with Crippen LogP contribution in [0.1, 0.15) is 18.9 Å². The van der Waals surface area contributed by atoms with Crippen molar-refractivity contribution in [1.82, 2.24) is 4.90 Å². The summed E-state index contributed by atoms with van der Waals surface area (Å²) in [5.41, 5.74) is 0.463. The highest BCUT2D eigenvalue weighted by molar-refractivity contribution is 8.13. The van der Waals surface area contributed by atoms with E-state index in [-0.39, 0.29) is 17.5 Å². The molecule has 1 aromatic rings. The Morgan fingerprint density at radius 1 is 1.50 bits per heavy atom. The van der Waals surface area contributed by atoms with Crippen LogP contribution in [-0.2, 0) is 20.4 Å². The molecule has 0 spiro atoms. The third-order valence-corrected chi connectivity index (χ3v) is 4.93. The summed E-state index contributed by atoms with van der Waals surface area (Å²) in [6, 6.07) is 4.70. The summed E-state index contributed by atoms with van der Waals surface area (Å²) in [6.07, 6.45) is 1.68. The predicted octanol–water partition coefficient (Wildman–Crippen LogP) is 1.99. The first-order chi connectivity index (χ1) is 9.36. The van der Waals surface area contributed by atoms with Gasteiger partial charge in [-0.25, -0.2) is 8.42 Å². The molecular formula is C13H16ClNO4S. The number of hydrogen-bond donors (Lipinski definition) is 0. The number of carbonyl (C=O) groups is 1. The molecule has 7 heteroatoms. The van der Waals surface area contributed by atoms with Crippen LogP contribution < -0.4 is 4.74 Å². The second kappa shape index (κ2) is 5.61. The van der Waals surface area contributed by atoms with E-state index in [9.17, 15) is 13.2 Å². The van der Waals surface area contributed by atoms with Crippen LogP contribution in [-0.4, -0.2) is 32.9 Å². The van der Waals surface area contributed by atoms with Gasteiger partial charge in [-0.3, -0.25) is 4.79 Å². The Hall–Kier alpha value is -1.27. The van der Waals surface area contributed by atoms with Crippen molar-refractivity contribution in [2.24, 2.45) is 5.92 Å². The van der Waals surface area contributed by atoms with E-state index in [1.54, 1.807) is 11.0 Å². The number of rotatable bonds is 6. The third kappa shape index (κ3) is 3.24. The Labute approximate surface area is 122 Å². The van der Waals surface area contributed by atoms with Crippen LogP contribution in [0.25, 0.3) is 0 Å². The minimum Gasteiger partial charge on any atom is -0.497 e. The zero-order valence-electron chi connectivity index (χ0n) is 11.2. The van der Waals surface area contributed by atoms with Crippen molar-refractivity contribution in [2.45, 2.75) is 30.8 Å². The molecular weight excluding hydrogens is 302 g/mol. The average Bonchev–Trinajstić information content (AvgIpc) is 3.11. The van der Waals surface area contributed by atoms with Crippen LogP contribution >= 0.6 is 10.7 Å². The Morgan fingerprint density at radius 3 is 2.60 bits per heavy atom. The fourth-order valence-corrected chi connectivity index (χ4v) is 3.36. The minimum atomic E-state index is -3.86. The van der Waals surface area contributed by atoms with Gasteiger partial charge in [-0.1, -0.05) is 6.92 Å². The zero-order valence-corrected chi connectivity index (χ0v) is 12.8.